The molecule has 0 aliphatic heterocycles. The van der Waals surface area contributed by atoms with Crippen LogP contribution in [0.15, 0.2) is 36.4 Å². The SMILES string of the molecule is CC(=O)CCC(=O)N(CCCCNC(=O)c1cccc(O)c1O)CCCNC(=O)c1cccc(O)c1O. The Hall–Kier alpha value is -4.28. The zero-order chi connectivity index (χ0) is 27.4. The first-order valence-electron chi connectivity index (χ1n) is 12.0. The van der Waals surface area contributed by atoms with E-state index in [0.717, 1.165) is 0 Å². The first-order chi connectivity index (χ1) is 17.6. The molecule has 2 aromatic carbocycles. The van der Waals surface area contributed by atoms with E-state index in [4.69, 9.17) is 0 Å². The number of aromatic hydroxyl groups is 4. The van der Waals surface area contributed by atoms with Gasteiger partial charge in [-0.15, -0.1) is 0 Å². The first kappa shape index (κ1) is 29.0. The fourth-order valence-electron chi connectivity index (χ4n) is 3.52. The topological polar surface area (TPSA) is 176 Å². The summed E-state index contributed by atoms with van der Waals surface area (Å²) in [5, 5.41) is 43.9. The molecule has 200 valence electrons. The number of rotatable bonds is 14. The van der Waals surface area contributed by atoms with Crippen LogP contribution in [0.1, 0.15) is 59.7 Å². The average Bonchev–Trinajstić information content (AvgIpc) is 2.86. The van der Waals surface area contributed by atoms with Crippen molar-refractivity contribution in [1.29, 1.82) is 0 Å². The van der Waals surface area contributed by atoms with Crippen molar-refractivity contribution >= 4 is 23.5 Å². The van der Waals surface area contributed by atoms with E-state index in [1.54, 1.807) is 4.90 Å². The van der Waals surface area contributed by atoms with Gasteiger partial charge in [-0.25, -0.2) is 0 Å². The Bertz CT molecular complexity index is 1120. The van der Waals surface area contributed by atoms with Crippen LogP contribution in [0.2, 0.25) is 0 Å². The van der Waals surface area contributed by atoms with Crippen LogP contribution in [0.4, 0.5) is 0 Å². The Morgan fingerprint density at radius 3 is 1.70 bits per heavy atom. The molecule has 0 aliphatic carbocycles. The lowest BCUT2D eigenvalue weighted by Gasteiger charge is -2.23. The molecule has 0 saturated heterocycles. The predicted octanol–water partition coefficient (Wildman–Crippen LogP) is 2.04. The van der Waals surface area contributed by atoms with Gasteiger partial charge in [0.25, 0.3) is 11.8 Å². The van der Waals surface area contributed by atoms with E-state index in [1.165, 1.54) is 43.3 Å². The van der Waals surface area contributed by atoms with Gasteiger partial charge in [0.1, 0.15) is 5.78 Å². The number of carbonyl (C=O) groups excluding carboxylic acids is 4. The van der Waals surface area contributed by atoms with Crippen LogP contribution in [0.5, 0.6) is 23.0 Å². The molecule has 2 rings (SSSR count). The monoisotopic (exact) mass is 515 g/mol. The zero-order valence-corrected chi connectivity index (χ0v) is 20.7. The number of phenolic OH excluding ortho intramolecular Hbond substituents is 4. The molecule has 11 nitrogen and oxygen atoms in total. The molecule has 0 spiro atoms. The number of hydrogen-bond donors (Lipinski definition) is 6. The number of hydrogen-bond acceptors (Lipinski definition) is 8. The number of phenols is 4. The maximum Gasteiger partial charge on any atom is 0.255 e. The Morgan fingerprint density at radius 1 is 0.703 bits per heavy atom. The smallest absolute Gasteiger partial charge is 0.255 e. The summed E-state index contributed by atoms with van der Waals surface area (Å²) >= 11 is 0. The van der Waals surface area contributed by atoms with Gasteiger partial charge in [0.15, 0.2) is 23.0 Å². The van der Waals surface area contributed by atoms with Crippen molar-refractivity contribution in [1.82, 2.24) is 15.5 Å². The summed E-state index contributed by atoms with van der Waals surface area (Å²) < 4.78 is 0. The van der Waals surface area contributed by atoms with Crippen molar-refractivity contribution in [3.63, 3.8) is 0 Å². The van der Waals surface area contributed by atoms with Gasteiger partial charge in [-0.2, -0.15) is 0 Å². The van der Waals surface area contributed by atoms with Crippen molar-refractivity contribution in [2.75, 3.05) is 26.2 Å². The summed E-state index contributed by atoms with van der Waals surface area (Å²) in [5.74, 6) is -3.16. The van der Waals surface area contributed by atoms with Gasteiger partial charge in [-0.05, 0) is 50.5 Å². The van der Waals surface area contributed by atoms with Gasteiger partial charge in [0, 0.05) is 39.0 Å². The van der Waals surface area contributed by atoms with Gasteiger partial charge < -0.3 is 40.8 Å². The van der Waals surface area contributed by atoms with Crippen LogP contribution in [0, 0.1) is 0 Å². The summed E-state index contributed by atoms with van der Waals surface area (Å²) in [4.78, 5) is 49.9. The molecule has 0 heterocycles. The molecule has 0 aromatic heterocycles. The Balaban J connectivity index is 1.81. The predicted molar refractivity (Wildman–Crippen MR) is 135 cm³/mol. The lowest BCUT2D eigenvalue weighted by atomic mass is 10.1. The Morgan fingerprint density at radius 2 is 1.19 bits per heavy atom. The summed E-state index contributed by atoms with van der Waals surface area (Å²) in [6.07, 6.45) is 1.72. The first-order valence-corrected chi connectivity index (χ1v) is 12.0. The lowest BCUT2D eigenvalue weighted by molar-refractivity contribution is -0.133. The summed E-state index contributed by atoms with van der Waals surface area (Å²) in [5.41, 5.74) is -0.0995. The number of benzene rings is 2. The van der Waals surface area contributed by atoms with Crippen LogP contribution >= 0.6 is 0 Å². The molecular weight excluding hydrogens is 482 g/mol. The second-order valence-electron chi connectivity index (χ2n) is 8.50. The van der Waals surface area contributed by atoms with E-state index in [2.05, 4.69) is 10.6 Å². The average molecular weight is 516 g/mol. The third kappa shape index (κ3) is 9.02. The maximum absolute atomic E-state index is 12.6. The minimum Gasteiger partial charge on any atom is -0.504 e. The van der Waals surface area contributed by atoms with Crippen LogP contribution in [-0.2, 0) is 9.59 Å². The number of amides is 3. The number of unbranched alkanes of at least 4 members (excludes halogenated alkanes) is 1. The van der Waals surface area contributed by atoms with Gasteiger partial charge in [0.05, 0.1) is 11.1 Å². The van der Waals surface area contributed by atoms with Crippen LogP contribution in [-0.4, -0.2) is 75.0 Å². The molecule has 37 heavy (non-hydrogen) atoms. The summed E-state index contributed by atoms with van der Waals surface area (Å²) in [6.45, 7) is 2.62. The minimum atomic E-state index is -0.559. The third-order valence-electron chi connectivity index (χ3n) is 5.59. The molecule has 0 fully saturated rings. The molecule has 0 aliphatic rings. The van der Waals surface area contributed by atoms with Crippen LogP contribution in [0.25, 0.3) is 0 Å². The van der Waals surface area contributed by atoms with Crippen molar-refractivity contribution in [2.45, 2.75) is 39.0 Å². The number of para-hydroxylation sites is 2. The molecule has 11 heteroatoms. The van der Waals surface area contributed by atoms with E-state index in [9.17, 15) is 39.6 Å². The second kappa shape index (κ2) is 14.3. The number of nitrogens with one attached hydrogen (secondary N) is 2. The van der Waals surface area contributed by atoms with Gasteiger partial charge in [0.2, 0.25) is 5.91 Å². The van der Waals surface area contributed by atoms with Gasteiger partial charge in [-0.1, -0.05) is 12.1 Å². The number of nitrogens with zero attached hydrogens (tertiary/aromatic N) is 1. The molecule has 0 atom stereocenters. The molecule has 0 saturated carbocycles. The van der Waals surface area contributed by atoms with E-state index < -0.39 is 29.1 Å². The standard InChI is InChI=1S/C26H33N3O8/c1-17(30)11-12-22(33)29(16-6-14-28-26(37)19-8-5-10-21(32)24(19)35)15-3-2-13-27-25(36)18-7-4-9-20(31)23(18)34/h4-5,7-10,31-32,34-35H,2-3,6,11-16H2,1H3,(H,27,36)(H,28,37). The summed E-state index contributed by atoms with van der Waals surface area (Å²) in [6, 6.07) is 8.19. The Kier molecular flexibility index (Phi) is 11.2. The van der Waals surface area contributed by atoms with Crippen molar-refractivity contribution in [3.05, 3.63) is 47.5 Å². The maximum atomic E-state index is 12.6. The number of ketones is 1. The third-order valence-corrected chi connectivity index (χ3v) is 5.59. The van der Waals surface area contributed by atoms with Crippen molar-refractivity contribution in [3.8, 4) is 23.0 Å². The fraction of sp³-hybridized carbons (Fsp3) is 0.385. The van der Waals surface area contributed by atoms with E-state index in [1.807, 2.05) is 0 Å². The number of carbonyl (C=O) groups is 4. The minimum absolute atomic E-state index is 0.0397. The quantitative estimate of drug-likeness (QED) is 0.164. The van der Waals surface area contributed by atoms with E-state index in [0.29, 0.717) is 32.4 Å². The number of Topliss-reactive ketones (excluding diaryl/α,β-unsaturated/α-hetero) is 1. The molecule has 0 bridgehead atoms. The van der Waals surface area contributed by atoms with Gasteiger partial charge in [-0.3, -0.25) is 14.4 Å². The van der Waals surface area contributed by atoms with E-state index >= 15 is 0 Å². The van der Waals surface area contributed by atoms with Crippen LogP contribution < -0.4 is 10.6 Å². The highest BCUT2D eigenvalue weighted by Gasteiger charge is 2.17. The fourth-order valence-corrected chi connectivity index (χ4v) is 3.52. The van der Waals surface area contributed by atoms with Crippen molar-refractivity contribution in [2.24, 2.45) is 0 Å². The summed E-state index contributed by atoms with van der Waals surface area (Å²) in [7, 11) is 0. The highest BCUT2D eigenvalue weighted by Crippen LogP contribution is 2.28. The Labute approximate surface area is 214 Å². The van der Waals surface area contributed by atoms with Crippen molar-refractivity contribution < 1.29 is 39.6 Å². The highest BCUT2D eigenvalue weighted by molar-refractivity contribution is 5.98. The molecule has 3 amide bonds. The molecule has 0 radical (unpaired) electrons. The lowest BCUT2D eigenvalue weighted by Crippen LogP contribution is -2.35. The normalized spacial score (nSPS) is 10.5. The molecule has 2 aromatic rings. The highest BCUT2D eigenvalue weighted by atomic mass is 16.3. The molecule has 0 unspecified atom stereocenters. The zero-order valence-electron chi connectivity index (χ0n) is 20.7. The second-order valence-corrected chi connectivity index (χ2v) is 8.50. The van der Waals surface area contributed by atoms with Crippen LogP contribution in [0.3, 0.4) is 0 Å². The molecular formula is C26H33N3O8. The largest absolute Gasteiger partial charge is 0.504 e. The van der Waals surface area contributed by atoms with E-state index in [-0.39, 0.29) is 54.5 Å². The van der Waals surface area contributed by atoms with Gasteiger partial charge >= 0.3 is 0 Å². The molecule has 6 N–H and O–H groups in total.